The first-order valence-corrected chi connectivity index (χ1v) is 9.35. The number of carbonyl (C=O) groups excluding carboxylic acids is 2. The van der Waals surface area contributed by atoms with E-state index in [4.69, 9.17) is 4.74 Å². The topological polar surface area (TPSA) is 89.8 Å². The molecule has 1 aliphatic heterocycles. The number of para-hydroxylation sites is 1. The summed E-state index contributed by atoms with van der Waals surface area (Å²) in [6.07, 6.45) is 0.132. The Kier molecular flexibility index (Phi) is 6.21. The Morgan fingerprint density at radius 2 is 1.76 bits per heavy atom. The van der Waals surface area contributed by atoms with Crippen LogP contribution in [-0.4, -0.2) is 34.8 Å². The van der Waals surface area contributed by atoms with Gasteiger partial charge in [0.05, 0.1) is 16.4 Å². The van der Waals surface area contributed by atoms with Gasteiger partial charge in [-0.25, -0.2) is 4.39 Å². The SMILES string of the molecule is CC(OC(=O)C1CCN(C(=O)c2ccc(F)cc2)CC1)c1ccccc1[N+](=O)[O-]. The first-order valence-electron chi connectivity index (χ1n) is 9.35. The number of carbonyl (C=O) groups is 2. The van der Waals surface area contributed by atoms with Crippen molar-refractivity contribution in [3.63, 3.8) is 0 Å². The number of nitro groups is 1. The van der Waals surface area contributed by atoms with Crippen molar-refractivity contribution in [2.24, 2.45) is 5.92 Å². The molecule has 0 bridgehead atoms. The zero-order valence-corrected chi connectivity index (χ0v) is 15.9. The molecule has 0 aromatic heterocycles. The summed E-state index contributed by atoms with van der Waals surface area (Å²) in [5.41, 5.74) is 0.653. The zero-order valence-electron chi connectivity index (χ0n) is 15.9. The second-order valence-electron chi connectivity index (χ2n) is 6.97. The second-order valence-corrected chi connectivity index (χ2v) is 6.97. The Bertz CT molecular complexity index is 908. The molecule has 1 amide bonds. The first kappa shape index (κ1) is 20.4. The number of nitro benzene ring substituents is 1. The van der Waals surface area contributed by atoms with E-state index in [-0.39, 0.29) is 17.5 Å². The molecule has 0 spiro atoms. The van der Waals surface area contributed by atoms with Crippen LogP contribution in [0.4, 0.5) is 10.1 Å². The normalized spacial score (nSPS) is 15.6. The number of ether oxygens (including phenoxy) is 1. The quantitative estimate of drug-likeness (QED) is 0.431. The molecule has 152 valence electrons. The van der Waals surface area contributed by atoms with Gasteiger partial charge in [-0.15, -0.1) is 0 Å². The van der Waals surface area contributed by atoms with Gasteiger partial charge in [-0.2, -0.15) is 0 Å². The number of benzene rings is 2. The van der Waals surface area contributed by atoms with Crippen LogP contribution >= 0.6 is 0 Å². The third kappa shape index (κ3) is 4.77. The van der Waals surface area contributed by atoms with Crippen molar-refractivity contribution >= 4 is 17.6 Å². The van der Waals surface area contributed by atoms with Gasteiger partial charge in [0.25, 0.3) is 11.6 Å². The van der Waals surface area contributed by atoms with Gasteiger partial charge in [-0.3, -0.25) is 19.7 Å². The van der Waals surface area contributed by atoms with Crippen LogP contribution < -0.4 is 0 Å². The molecule has 3 rings (SSSR count). The lowest BCUT2D eigenvalue weighted by atomic mass is 9.96. The van der Waals surface area contributed by atoms with Crippen molar-refractivity contribution in [2.75, 3.05) is 13.1 Å². The van der Waals surface area contributed by atoms with Gasteiger partial charge in [0, 0.05) is 24.7 Å². The highest BCUT2D eigenvalue weighted by atomic mass is 19.1. The summed E-state index contributed by atoms with van der Waals surface area (Å²) < 4.78 is 18.5. The Hall–Kier alpha value is -3.29. The van der Waals surface area contributed by atoms with E-state index in [1.807, 2.05) is 0 Å². The van der Waals surface area contributed by atoms with Crippen LogP contribution in [0, 0.1) is 21.8 Å². The van der Waals surface area contributed by atoms with E-state index in [1.54, 1.807) is 30.0 Å². The molecule has 1 fully saturated rings. The minimum atomic E-state index is -0.747. The largest absolute Gasteiger partial charge is 0.457 e. The number of likely N-dealkylation sites (tertiary alicyclic amines) is 1. The number of nitrogens with zero attached hydrogens (tertiary/aromatic N) is 2. The average Bonchev–Trinajstić information content (AvgIpc) is 2.73. The fraction of sp³-hybridized carbons (Fsp3) is 0.333. The number of hydrogen-bond donors (Lipinski definition) is 0. The summed E-state index contributed by atoms with van der Waals surface area (Å²) >= 11 is 0. The Labute approximate surface area is 167 Å². The van der Waals surface area contributed by atoms with Gasteiger partial charge in [0.2, 0.25) is 0 Å². The molecule has 0 radical (unpaired) electrons. The fourth-order valence-electron chi connectivity index (χ4n) is 3.42. The van der Waals surface area contributed by atoms with Crippen LogP contribution in [0.15, 0.2) is 48.5 Å². The monoisotopic (exact) mass is 400 g/mol. The van der Waals surface area contributed by atoms with Crippen molar-refractivity contribution in [2.45, 2.75) is 25.9 Å². The average molecular weight is 400 g/mol. The van der Waals surface area contributed by atoms with Crippen molar-refractivity contribution < 1.29 is 23.6 Å². The Morgan fingerprint density at radius 1 is 1.14 bits per heavy atom. The number of hydrogen-bond acceptors (Lipinski definition) is 5. The van der Waals surface area contributed by atoms with E-state index in [0.29, 0.717) is 37.1 Å². The van der Waals surface area contributed by atoms with Gasteiger partial charge >= 0.3 is 5.97 Å². The highest BCUT2D eigenvalue weighted by molar-refractivity contribution is 5.94. The summed E-state index contributed by atoms with van der Waals surface area (Å²) in [5, 5.41) is 11.2. The van der Waals surface area contributed by atoms with Crippen LogP contribution in [0.2, 0.25) is 0 Å². The van der Waals surface area contributed by atoms with Crippen LogP contribution in [0.5, 0.6) is 0 Å². The molecule has 2 aromatic rings. The zero-order chi connectivity index (χ0) is 21.0. The van der Waals surface area contributed by atoms with E-state index < -0.39 is 22.8 Å². The van der Waals surface area contributed by atoms with E-state index >= 15 is 0 Å². The molecule has 1 atom stereocenters. The maximum absolute atomic E-state index is 13.0. The molecular formula is C21H21FN2O5. The maximum Gasteiger partial charge on any atom is 0.309 e. The Balaban J connectivity index is 1.57. The highest BCUT2D eigenvalue weighted by Gasteiger charge is 2.31. The summed E-state index contributed by atoms with van der Waals surface area (Å²) in [5.74, 6) is -1.41. The molecule has 7 nitrogen and oxygen atoms in total. The third-order valence-corrected chi connectivity index (χ3v) is 5.07. The first-order chi connectivity index (χ1) is 13.9. The summed E-state index contributed by atoms with van der Waals surface area (Å²) in [6, 6.07) is 11.5. The molecule has 0 aliphatic carbocycles. The third-order valence-electron chi connectivity index (χ3n) is 5.07. The van der Waals surface area contributed by atoms with Crippen LogP contribution in [0.25, 0.3) is 0 Å². The lowest BCUT2D eigenvalue weighted by Gasteiger charge is -2.31. The summed E-state index contributed by atoms with van der Waals surface area (Å²) in [6.45, 7) is 2.37. The molecular weight excluding hydrogens is 379 g/mol. The van der Waals surface area contributed by atoms with Crippen LogP contribution in [0.1, 0.15) is 41.8 Å². The maximum atomic E-state index is 13.0. The Morgan fingerprint density at radius 3 is 2.38 bits per heavy atom. The van der Waals surface area contributed by atoms with Crippen molar-refractivity contribution in [3.05, 3.63) is 75.6 Å². The van der Waals surface area contributed by atoms with Crippen LogP contribution in [-0.2, 0) is 9.53 Å². The van der Waals surface area contributed by atoms with Gasteiger partial charge in [-0.1, -0.05) is 12.1 Å². The van der Waals surface area contributed by atoms with Crippen molar-refractivity contribution in [1.29, 1.82) is 0 Å². The van der Waals surface area contributed by atoms with Gasteiger partial charge in [0.1, 0.15) is 11.9 Å². The lowest BCUT2D eigenvalue weighted by molar-refractivity contribution is -0.386. The van der Waals surface area contributed by atoms with E-state index in [0.717, 1.165) is 0 Å². The molecule has 0 saturated carbocycles. The molecule has 2 aromatic carbocycles. The highest BCUT2D eigenvalue weighted by Crippen LogP contribution is 2.29. The molecule has 8 heteroatoms. The summed E-state index contributed by atoms with van der Waals surface area (Å²) in [4.78, 5) is 37.3. The number of rotatable bonds is 5. The van der Waals surface area contributed by atoms with E-state index in [9.17, 15) is 24.1 Å². The molecule has 1 aliphatic rings. The van der Waals surface area contributed by atoms with Gasteiger partial charge in [-0.05, 0) is 50.1 Å². The number of piperidine rings is 1. The van der Waals surface area contributed by atoms with Gasteiger partial charge < -0.3 is 9.64 Å². The minimum Gasteiger partial charge on any atom is -0.457 e. The molecule has 29 heavy (non-hydrogen) atoms. The lowest BCUT2D eigenvalue weighted by Crippen LogP contribution is -2.40. The predicted octanol–water partition coefficient (Wildman–Crippen LogP) is 3.89. The standard InChI is InChI=1S/C21H21FN2O5/c1-14(18-4-2-3-5-19(18)24(27)28)29-21(26)16-10-12-23(13-11-16)20(25)15-6-8-17(22)9-7-15/h2-9,14,16H,10-13H2,1H3. The smallest absolute Gasteiger partial charge is 0.309 e. The van der Waals surface area contributed by atoms with Crippen LogP contribution in [0.3, 0.4) is 0 Å². The molecule has 1 unspecified atom stereocenters. The number of esters is 1. The fourth-order valence-corrected chi connectivity index (χ4v) is 3.42. The second kappa shape index (κ2) is 8.81. The molecule has 1 saturated heterocycles. The number of amides is 1. The van der Waals surface area contributed by atoms with E-state index in [2.05, 4.69) is 0 Å². The molecule has 1 heterocycles. The molecule has 0 N–H and O–H groups in total. The van der Waals surface area contributed by atoms with Crippen molar-refractivity contribution in [3.8, 4) is 0 Å². The number of halogens is 1. The minimum absolute atomic E-state index is 0.0903. The summed E-state index contributed by atoms with van der Waals surface area (Å²) in [7, 11) is 0. The van der Waals surface area contributed by atoms with E-state index in [1.165, 1.54) is 30.3 Å². The predicted molar refractivity (Wildman–Crippen MR) is 103 cm³/mol. The van der Waals surface area contributed by atoms with Gasteiger partial charge in [0.15, 0.2) is 0 Å². The van der Waals surface area contributed by atoms with Crippen molar-refractivity contribution in [1.82, 2.24) is 4.90 Å².